The fourth-order valence-electron chi connectivity index (χ4n) is 1.69. The van der Waals surface area contributed by atoms with Crippen LogP contribution in [0.5, 0.6) is 17.2 Å². The highest BCUT2D eigenvalue weighted by Crippen LogP contribution is 2.36. The lowest BCUT2D eigenvalue weighted by Crippen LogP contribution is -1.92. The van der Waals surface area contributed by atoms with Crippen LogP contribution in [0.2, 0.25) is 5.02 Å². The van der Waals surface area contributed by atoms with Gasteiger partial charge in [0.05, 0.1) is 12.1 Å². The Bertz CT molecular complexity index is 584. The molecule has 0 atom stereocenters. The third-order valence-electron chi connectivity index (χ3n) is 2.69. The van der Waals surface area contributed by atoms with Gasteiger partial charge in [-0.1, -0.05) is 39.7 Å². The molecule has 0 bridgehead atoms. The van der Waals surface area contributed by atoms with E-state index in [4.69, 9.17) is 21.1 Å². The summed E-state index contributed by atoms with van der Waals surface area (Å²) in [5, 5.41) is 1.35. The van der Waals surface area contributed by atoms with Gasteiger partial charge in [-0.15, -0.1) is 0 Å². The van der Waals surface area contributed by atoms with Crippen molar-refractivity contribution in [1.29, 1.82) is 0 Å². The SMILES string of the molecule is COc1cc(C)ccc1Oc1ccc(CBr)cc1Cl. The molecule has 0 saturated carbocycles. The van der Waals surface area contributed by atoms with Crippen LogP contribution in [-0.2, 0) is 5.33 Å². The van der Waals surface area contributed by atoms with Crippen LogP contribution in [0.25, 0.3) is 0 Å². The molecule has 2 aromatic rings. The predicted octanol–water partition coefficient (Wildman–Crippen LogP) is 5.34. The Kier molecular flexibility index (Phi) is 4.72. The highest BCUT2D eigenvalue weighted by Gasteiger charge is 2.09. The van der Waals surface area contributed by atoms with Crippen molar-refractivity contribution in [2.45, 2.75) is 12.3 Å². The van der Waals surface area contributed by atoms with Crippen LogP contribution in [0, 0.1) is 6.92 Å². The van der Waals surface area contributed by atoms with Gasteiger partial charge in [0, 0.05) is 5.33 Å². The van der Waals surface area contributed by atoms with Gasteiger partial charge < -0.3 is 9.47 Å². The minimum atomic E-state index is 0.583. The number of hydrogen-bond donors (Lipinski definition) is 0. The van der Waals surface area contributed by atoms with E-state index in [9.17, 15) is 0 Å². The van der Waals surface area contributed by atoms with Gasteiger partial charge in [0.1, 0.15) is 5.75 Å². The van der Waals surface area contributed by atoms with E-state index < -0.39 is 0 Å². The van der Waals surface area contributed by atoms with Crippen LogP contribution in [0.15, 0.2) is 36.4 Å². The zero-order chi connectivity index (χ0) is 13.8. The molecule has 0 unspecified atom stereocenters. The van der Waals surface area contributed by atoms with Crippen molar-refractivity contribution in [2.75, 3.05) is 7.11 Å². The van der Waals surface area contributed by atoms with E-state index >= 15 is 0 Å². The molecule has 0 spiro atoms. The number of halogens is 2. The normalized spacial score (nSPS) is 10.3. The molecule has 0 N–H and O–H groups in total. The van der Waals surface area contributed by atoms with E-state index in [1.54, 1.807) is 7.11 Å². The van der Waals surface area contributed by atoms with Crippen molar-refractivity contribution in [1.82, 2.24) is 0 Å². The molecule has 0 fully saturated rings. The first-order chi connectivity index (χ1) is 9.13. The molecule has 0 aliphatic heterocycles. The number of aryl methyl sites for hydroxylation is 1. The van der Waals surface area contributed by atoms with Crippen LogP contribution in [-0.4, -0.2) is 7.11 Å². The van der Waals surface area contributed by atoms with Crippen molar-refractivity contribution in [2.24, 2.45) is 0 Å². The molecule has 4 heteroatoms. The Hall–Kier alpha value is -1.19. The molecule has 100 valence electrons. The topological polar surface area (TPSA) is 18.5 Å². The second kappa shape index (κ2) is 6.31. The summed E-state index contributed by atoms with van der Waals surface area (Å²) < 4.78 is 11.1. The predicted molar refractivity (Wildman–Crippen MR) is 81.9 cm³/mol. The Morgan fingerprint density at radius 1 is 1.05 bits per heavy atom. The standard InChI is InChI=1S/C15H14BrClO2/c1-10-3-5-14(15(7-10)18-2)19-13-6-4-11(9-16)8-12(13)17/h3-8H,9H2,1-2H3. The van der Waals surface area contributed by atoms with Gasteiger partial charge in [-0.25, -0.2) is 0 Å². The molecule has 0 aliphatic carbocycles. The van der Waals surface area contributed by atoms with Gasteiger partial charge >= 0.3 is 0 Å². The van der Waals surface area contributed by atoms with Crippen molar-refractivity contribution >= 4 is 27.5 Å². The summed E-state index contributed by atoms with van der Waals surface area (Å²) >= 11 is 9.59. The average molecular weight is 342 g/mol. The van der Waals surface area contributed by atoms with E-state index in [-0.39, 0.29) is 0 Å². The average Bonchev–Trinajstić information content (AvgIpc) is 2.42. The van der Waals surface area contributed by atoms with Crippen molar-refractivity contribution in [3.8, 4) is 17.2 Å². The summed E-state index contributed by atoms with van der Waals surface area (Å²) in [5.74, 6) is 1.97. The molecule has 0 aliphatic rings. The number of benzene rings is 2. The molecule has 0 heterocycles. The maximum absolute atomic E-state index is 6.20. The first-order valence-corrected chi connectivity index (χ1v) is 7.31. The van der Waals surface area contributed by atoms with E-state index in [0.29, 0.717) is 22.3 Å². The molecule has 0 saturated heterocycles. The maximum atomic E-state index is 6.20. The lowest BCUT2D eigenvalue weighted by Gasteiger charge is -2.12. The molecule has 19 heavy (non-hydrogen) atoms. The van der Waals surface area contributed by atoms with Gasteiger partial charge in [0.2, 0.25) is 0 Å². The van der Waals surface area contributed by atoms with E-state index in [1.165, 1.54) is 0 Å². The van der Waals surface area contributed by atoms with Crippen molar-refractivity contribution in [3.05, 3.63) is 52.5 Å². The highest BCUT2D eigenvalue weighted by atomic mass is 79.9. The van der Waals surface area contributed by atoms with Crippen LogP contribution in [0.3, 0.4) is 0 Å². The molecule has 2 rings (SSSR count). The maximum Gasteiger partial charge on any atom is 0.169 e. The molecular weight excluding hydrogens is 328 g/mol. The van der Waals surface area contributed by atoms with Crippen LogP contribution in [0.4, 0.5) is 0 Å². The summed E-state index contributed by atoms with van der Waals surface area (Å²) in [6, 6.07) is 11.5. The Morgan fingerprint density at radius 2 is 1.79 bits per heavy atom. The van der Waals surface area contributed by atoms with Gasteiger partial charge in [-0.3, -0.25) is 0 Å². The Labute approximate surface area is 126 Å². The lowest BCUT2D eigenvalue weighted by atomic mass is 10.2. The summed E-state index contributed by atoms with van der Waals surface area (Å²) in [7, 11) is 1.62. The van der Waals surface area contributed by atoms with Gasteiger partial charge in [0.25, 0.3) is 0 Å². The quantitative estimate of drug-likeness (QED) is 0.698. The number of alkyl halides is 1. The minimum absolute atomic E-state index is 0.583. The number of rotatable bonds is 4. The van der Waals surface area contributed by atoms with E-state index in [1.807, 2.05) is 43.3 Å². The second-order valence-corrected chi connectivity index (χ2v) is 5.12. The number of ether oxygens (including phenoxy) is 2. The summed E-state index contributed by atoms with van der Waals surface area (Å²) in [6.45, 7) is 2.00. The highest BCUT2D eigenvalue weighted by molar-refractivity contribution is 9.08. The van der Waals surface area contributed by atoms with E-state index in [2.05, 4.69) is 15.9 Å². The fourth-order valence-corrected chi connectivity index (χ4v) is 2.28. The molecule has 0 aromatic heterocycles. The molecule has 2 aromatic carbocycles. The third-order valence-corrected chi connectivity index (χ3v) is 3.63. The number of hydrogen-bond acceptors (Lipinski definition) is 2. The third kappa shape index (κ3) is 3.43. The first kappa shape index (κ1) is 14.2. The molecule has 2 nitrogen and oxygen atoms in total. The van der Waals surface area contributed by atoms with Crippen molar-refractivity contribution < 1.29 is 9.47 Å². The lowest BCUT2D eigenvalue weighted by molar-refractivity contribution is 0.378. The van der Waals surface area contributed by atoms with Crippen LogP contribution < -0.4 is 9.47 Å². The van der Waals surface area contributed by atoms with Gasteiger partial charge in [-0.2, -0.15) is 0 Å². The monoisotopic (exact) mass is 340 g/mol. The zero-order valence-electron chi connectivity index (χ0n) is 10.7. The summed E-state index contributed by atoms with van der Waals surface area (Å²) in [4.78, 5) is 0. The second-order valence-electron chi connectivity index (χ2n) is 4.15. The smallest absolute Gasteiger partial charge is 0.169 e. The first-order valence-electron chi connectivity index (χ1n) is 5.81. The molecular formula is C15H14BrClO2. The Balaban J connectivity index is 2.31. The Morgan fingerprint density at radius 3 is 2.42 bits per heavy atom. The summed E-state index contributed by atoms with van der Waals surface area (Å²) in [6.07, 6.45) is 0. The summed E-state index contributed by atoms with van der Waals surface area (Å²) in [5.41, 5.74) is 2.22. The largest absolute Gasteiger partial charge is 0.493 e. The fraction of sp³-hybridized carbons (Fsp3) is 0.200. The minimum Gasteiger partial charge on any atom is -0.493 e. The zero-order valence-corrected chi connectivity index (χ0v) is 13.1. The molecule has 0 amide bonds. The van der Waals surface area contributed by atoms with E-state index in [0.717, 1.165) is 16.5 Å². The van der Waals surface area contributed by atoms with Crippen LogP contribution in [0.1, 0.15) is 11.1 Å². The van der Waals surface area contributed by atoms with Gasteiger partial charge in [-0.05, 0) is 42.3 Å². The van der Waals surface area contributed by atoms with Crippen molar-refractivity contribution in [3.63, 3.8) is 0 Å². The van der Waals surface area contributed by atoms with Gasteiger partial charge in [0.15, 0.2) is 11.5 Å². The molecule has 0 radical (unpaired) electrons. The number of methoxy groups -OCH3 is 1. The van der Waals surface area contributed by atoms with Crippen LogP contribution >= 0.6 is 27.5 Å².